The van der Waals surface area contributed by atoms with E-state index in [1.807, 2.05) is 0 Å². The first-order valence-electron chi connectivity index (χ1n) is 8.02. The monoisotopic (exact) mass is 337 g/mol. The molecule has 6 heteroatoms. The van der Waals surface area contributed by atoms with Gasteiger partial charge in [-0.25, -0.2) is 0 Å². The van der Waals surface area contributed by atoms with E-state index in [-0.39, 0.29) is 36.6 Å². The summed E-state index contributed by atoms with van der Waals surface area (Å²) in [5.74, 6) is 0.891. The molecule has 0 aromatic rings. The van der Waals surface area contributed by atoms with Crippen LogP contribution in [0.5, 0.6) is 0 Å². The topological polar surface area (TPSA) is 58.4 Å². The first kappa shape index (κ1) is 19.0. The normalized spacial score (nSPS) is 35.5. The van der Waals surface area contributed by atoms with Crippen LogP contribution in [0.25, 0.3) is 0 Å². The summed E-state index contributed by atoms with van der Waals surface area (Å²) in [5, 5.41) is 3.32. The molecule has 124 valence electrons. The van der Waals surface area contributed by atoms with Gasteiger partial charge in [-0.1, -0.05) is 6.42 Å². The van der Waals surface area contributed by atoms with Crippen LogP contribution in [0, 0.1) is 11.8 Å². The number of piperidine rings is 1. The fourth-order valence-electron chi connectivity index (χ4n) is 4.33. The zero-order valence-electron chi connectivity index (χ0n) is 12.6. The standard InChI is InChI=1S/C15H27N3O.2ClH/c16-10-11-3-1-5-14(11)15(19)17-12-6-8-18-7-2-4-13(18)9-12;;/h11-14H,1-10,16H2,(H,17,19);2*1H/t11-,12?,13?,14-;;/m1../s1. The van der Waals surface area contributed by atoms with Crippen molar-refractivity contribution in [1.29, 1.82) is 0 Å². The number of halogens is 2. The van der Waals surface area contributed by atoms with Crippen LogP contribution in [0.1, 0.15) is 44.9 Å². The Morgan fingerprint density at radius 1 is 1.10 bits per heavy atom. The number of nitrogens with one attached hydrogen (secondary N) is 1. The van der Waals surface area contributed by atoms with Gasteiger partial charge in [0.2, 0.25) is 5.91 Å². The largest absolute Gasteiger partial charge is 0.353 e. The Morgan fingerprint density at radius 3 is 2.67 bits per heavy atom. The molecule has 0 aromatic carbocycles. The Bertz CT molecular complexity index is 343. The smallest absolute Gasteiger partial charge is 0.223 e. The van der Waals surface area contributed by atoms with Crippen LogP contribution in [0.4, 0.5) is 0 Å². The van der Waals surface area contributed by atoms with Gasteiger partial charge in [-0.15, -0.1) is 24.8 Å². The molecule has 4 atom stereocenters. The molecule has 3 rings (SSSR count). The first-order valence-corrected chi connectivity index (χ1v) is 8.02. The minimum absolute atomic E-state index is 0. The summed E-state index contributed by atoms with van der Waals surface area (Å²) in [5.41, 5.74) is 5.78. The van der Waals surface area contributed by atoms with Crippen molar-refractivity contribution >= 4 is 30.7 Å². The molecule has 2 unspecified atom stereocenters. The van der Waals surface area contributed by atoms with E-state index < -0.39 is 0 Å². The number of carbonyl (C=O) groups is 1. The molecule has 2 saturated heterocycles. The van der Waals surface area contributed by atoms with Crippen molar-refractivity contribution in [3.8, 4) is 0 Å². The second-order valence-corrected chi connectivity index (χ2v) is 6.60. The molecular weight excluding hydrogens is 309 g/mol. The molecule has 2 aliphatic heterocycles. The van der Waals surface area contributed by atoms with E-state index in [9.17, 15) is 4.79 Å². The summed E-state index contributed by atoms with van der Waals surface area (Å²) in [6.07, 6.45) is 8.28. The van der Waals surface area contributed by atoms with Crippen molar-refractivity contribution < 1.29 is 4.79 Å². The average Bonchev–Trinajstić information content (AvgIpc) is 3.06. The lowest BCUT2D eigenvalue weighted by Crippen LogP contribution is -2.49. The molecule has 0 spiro atoms. The lowest BCUT2D eigenvalue weighted by molar-refractivity contribution is -0.127. The van der Waals surface area contributed by atoms with E-state index in [4.69, 9.17) is 5.73 Å². The minimum Gasteiger partial charge on any atom is -0.353 e. The Hall–Kier alpha value is -0.0300. The van der Waals surface area contributed by atoms with Gasteiger partial charge in [0, 0.05) is 24.5 Å². The van der Waals surface area contributed by atoms with Crippen molar-refractivity contribution in [2.45, 2.75) is 57.0 Å². The number of hydrogen-bond acceptors (Lipinski definition) is 3. The molecular formula is C15H29Cl2N3O. The lowest BCUT2D eigenvalue weighted by Gasteiger charge is -2.35. The van der Waals surface area contributed by atoms with Gasteiger partial charge in [-0.05, 0) is 57.5 Å². The quantitative estimate of drug-likeness (QED) is 0.827. The van der Waals surface area contributed by atoms with E-state index in [2.05, 4.69) is 10.2 Å². The van der Waals surface area contributed by atoms with E-state index >= 15 is 0 Å². The molecule has 3 N–H and O–H groups in total. The number of nitrogens with two attached hydrogens (primary N) is 1. The van der Waals surface area contributed by atoms with E-state index in [1.165, 1.54) is 32.4 Å². The summed E-state index contributed by atoms with van der Waals surface area (Å²) in [7, 11) is 0. The van der Waals surface area contributed by atoms with Crippen LogP contribution >= 0.6 is 24.8 Å². The molecule has 3 fully saturated rings. The maximum absolute atomic E-state index is 12.4. The van der Waals surface area contributed by atoms with Gasteiger partial charge >= 0.3 is 0 Å². The van der Waals surface area contributed by atoms with Gasteiger partial charge in [0.1, 0.15) is 0 Å². The highest BCUT2D eigenvalue weighted by atomic mass is 35.5. The molecule has 1 saturated carbocycles. The zero-order chi connectivity index (χ0) is 13.2. The summed E-state index contributed by atoms with van der Waals surface area (Å²) < 4.78 is 0. The predicted octanol–water partition coefficient (Wildman–Crippen LogP) is 1.95. The van der Waals surface area contributed by atoms with Crippen molar-refractivity contribution in [3.63, 3.8) is 0 Å². The number of nitrogens with zero attached hydrogens (tertiary/aromatic N) is 1. The van der Waals surface area contributed by atoms with Gasteiger partial charge in [-0.2, -0.15) is 0 Å². The van der Waals surface area contributed by atoms with Crippen molar-refractivity contribution in [1.82, 2.24) is 10.2 Å². The molecule has 0 bridgehead atoms. The Morgan fingerprint density at radius 2 is 1.90 bits per heavy atom. The fourth-order valence-corrected chi connectivity index (χ4v) is 4.33. The molecule has 1 aliphatic carbocycles. The van der Waals surface area contributed by atoms with Crippen LogP contribution in [0.3, 0.4) is 0 Å². The number of carbonyl (C=O) groups excluding carboxylic acids is 1. The lowest BCUT2D eigenvalue weighted by atomic mass is 9.93. The second kappa shape index (κ2) is 8.56. The van der Waals surface area contributed by atoms with Crippen molar-refractivity contribution in [2.24, 2.45) is 17.6 Å². The van der Waals surface area contributed by atoms with Crippen LogP contribution < -0.4 is 11.1 Å². The van der Waals surface area contributed by atoms with E-state index in [1.54, 1.807) is 0 Å². The maximum atomic E-state index is 12.4. The van der Waals surface area contributed by atoms with Crippen LogP contribution in [0.2, 0.25) is 0 Å². The van der Waals surface area contributed by atoms with Crippen molar-refractivity contribution in [2.75, 3.05) is 19.6 Å². The molecule has 0 radical (unpaired) electrons. The van der Waals surface area contributed by atoms with Gasteiger partial charge in [0.05, 0.1) is 0 Å². The Labute approximate surface area is 140 Å². The number of hydrogen-bond donors (Lipinski definition) is 2. The van der Waals surface area contributed by atoms with Gasteiger partial charge < -0.3 is 16.0 Å². The molecule has 3 aliphatic rings. The zero-order valence-corrected chi connectivity index (χ0v) is 14.3. The number of amides is 1. The van der Waals surface area contributed by atoms with E-state index in [0.717, 1.165) is 31.7 Å². The van der Waals surface area contributed by atoms with Gasteiger partial charge in [0.15, 0.2) is 0 Å². The Balaban J connectivity index is 0.00000110. The van der Waals surface area contributed by atoms with Crippen LogP contribution in [-0.2, 0) is 4.79 Å². The maximum Gasteiger partial charge on any atom is 0.223 e. The van der Waals surface area contributed by atoms with Gasteiger partial charge in [-0.3, -0.25) is 4.79 Å². The predicted molar refractivity (Wildman–Crippen MR) is 90.1 cm³/mol. The molecule has 4 nitrogen and oxygen atoms in total. The molecule has 21 heavy (non-hydrogen) atoms. The van der Waals surface area contributed by atoms with E-state index in [0.29, 0.717) is 18.5 Å². The summed E-state index contributed by atoms with van der Waals surface area (Å²) in [6, 6.07) is 1.14. The summed E-state index contributed by atoms with van der Waals surface area (Å²) >= 11 is 0. The van der Waals surface area contributed by atoms with Crippen LogP contribution in [0.15, 0.2) is 0 Å². The molecule has 0 aromatic heterocycles. The Kier molecular flexibility index (Phi) is 7.75. The SMILES string of the molecule is Cl.Cl.NC[C@H]1CCC[C@H]1C(=O)NC1CCN2CCCC2C1. The summed E-state index contributed by atoms with van der Waals surface area (Å²) in [4.78, 5) is 15.0. The molecule has 1 amide bonds. The highest BCUT2D eigenvalue weighted by Crippen LogP contribution is 2.32. The average molecular weight is 338 g/mol. The highest BCUT2D eigenvalue weighted by molar-refractivity contribution is 5.85. The third-order valence-corrected chi connectivity index (χ3v) is 5.47. The second-order valence-electron chi connectivity index (χ2n) is 6.60. The first-order chi connectivity index (χ1) is 9.28. The summed E-state index contributed by atoms with van der Waals surface area (Å²) in [6.45, 7) is 3.10. The minimum atomic E-state index is 0. The van der Waals surface area contributed by atoms with Gasteiger partial charge in [0.25, 0.3) is 0 Å². The number of fused-ring (bicyclic) bond motifs is 1. The van der Waals surface area contributed by atoms with Crippen LogP contribution in [-0.4, -0.2) is 42.5 Å². The third-order valence-electron chi connectivity index (χ3n) is 5.47. The fraction of sp³-hybridized carbons (Fsp3) is 0.933. The number of rotatable bonds is 3. The third kappa shape index (κ3) is 4.25. The van der Waals surface area contributed by atoms with Crippen molar-refractivity contribution in [3.05, 3.63) is 0 Å². The highest BCUT2D eigenvalue weighted by Gasteiger charge is 2.36. The molecule has 2 heterocycles.